The summed E-state index contributed by atoms with van der Waals surface area (Å²) in [7, 11) is 0. The van der Waals surface area contributed by atoms with Crippen LogP contribution in [0.2, 0.25) is 0 Å². The van der Waals surface area contributed by atoms with Gasteiger partial charge < -0.3 is 11.1 Å². The van der Waals surface area contributed by atoms with Crippen LogP contribution in [0.1, 0.15) is 36.8 Å². The predicted octanol–water partition coefficient (Wildman–Crippen LogP) is 2.04. The molecule has 0 aliphatic carbocycles. The molecule has 0 radical (unpaired) electrons. The Morgan fingerprint density at radius 1 is 1.38 bits per heavy atom. The highest BCUT2D eigenvalue weighted by atomic mass is 14.9. The van der Waals surface area contributed by atoms with E-state index in [1.807, 2.05) is 0 Å². The summed E-state index contributed by atoms with van der Waals surface area (Å²) in [6.45, 7) is 4.37. The van der Waals surface area contributed by atoms with Crippen molar-refractivity contribution in [3.05, 3.63) is 35.4 Å². The van der Waals surface area contributed by atoms with Gasteiger partial charge in [-0.1, -0.05) is 24.3 Å². The van der Waals surface area contributed by atoms with Crippen LogP contribution >= 0.6 is 0 Å². The van der Waals surface area contributed by atoms with Crippen LogP contribution in [0.15, 0.2) is 24.3 Å². The number of hydrogen-bond acceptors (Lipinski definition) is 2. The van der Waals surface area contributed by atoms with E-state index in [-0.39, 0.29) is 6.04 Å². The van der Waals surface area contributed by atoms with Gasteiger partial charge in [0.15, 0.2) is 0 Å². The van der Waals surface area contributed by atoms with Crippen molar-refractivity contribution in [2.75, 3.05) is 13.1 Å². The highest BCUT2D eigenvalue weighted by molar-refractivity contribution is 5.26. The molecule has 2 atom stereocenters. The maximum absolute atomic E-state index is 5.80. The minimum atomic E-state index is 0.252. The largest absolute Gasteiger partial charge is 0.328 e. The Labute approximate surface area is 98.2 Å². The molecule has 2 heteroatoms. The number of benzene rings is 1. The third-order valence-corrected chi connectivity index (χ3v) is 3.31. The van der Waals surface area contributed by atoms with E-state index in [0.717, 1.165) is 13.0 Å². The van der Waals surface area contributed by atoms with Gasteiger partial charge in [-0.05, 0) is 49.8 Å². The van der Waals surface area contributed by atoms with E-state index in [1.165, 1.54) is 30.5 Å². The molecule has 2 rings (SSSR count). The van der Waals surface area contributed by atoms with E-state index >= 15 is 0 Å². The summed E-state index contributed by atoms with van der Waals surface area (Å²) in [5.41, 5.74) is 8.62. The molecule has 1 aliphatic rings. The fraction of sp³-hybridized carbons (Fsp3) is 0.571. The van der Waals surface area contributed by atoms with Crippen LogP contribution in [0.3, 0.4) is 0 Å². The monoisotopic (exact) mass is 218 g/mol. The minimum absolute atomic E-state index is 0.252. The van der Waals surface area contributed by atoms with Crippen LogP contribution < -0.4 is 11.1 Å². The minimum Gasteiger partial charge on any atom is -0.328 e. The molecule has 3 N–H and O–H groups in total. The zero-order valence-electron chi connectivity index (χ0n) is 10.1. The first-order valence-electron chi connectivity index (χ1n) is 6.31. The Morgan fingerprint density at radius 3 is 2.69 bits per heavy atom. The molecule has 1 fully saturated rings. The van der Waals surface area contributed by atoms with Gasteiger partial charge in [0, 0.05) is 12.6 Å². The molecule has 2 unspecified atom stereocenters. The van der Waals surface area contributed by atoms with Crippen molar-refractivity contribution in [1.29, 1.82) is 0 Å². The van der Waals surface area contributed by atoms with Crippen molar-refractivity contribution >= 4 is 0 Å². The molecule has 1 aliphatic heterocycles. The fourth-order valence-electron chi connectivity index (χ4n) is 2.43. The quantitative estimate of drug-likeness (QED) is 0.815. The molecule has 0 spiro atoms. The smallest absolute Gasteiger partial charge is 0.00509 e. The maximum Gasteiger partial charge on any atom is 0.00509 e. The Hall–Kier alpha value is -0.860. The van der Waals surface area contributed by atoms with Gasteiger partial charge in [0.1, 0.15) is 0 Å². The molecular weight excluding hydrogens is 196 g/mol. The Balaban J connectivity index is 2.00. The molecule has 0 bridgehead atoms. The van der Waals surface area contributed by atoms with Crippen LogP contribution in [-0.2, 0) is 6.42 Å². The van der Waals surface area contributed by atoms with Crippen LogP contribution in [0.4, 0.5) is 0 Å². The molecule has 1 aromatic carbocycles. The third-order valence-electron chi connectivity index (χ3n) is 3.31. The summed E-state index contributed by atoms with van der Waals surface area (Å²) in [4.78, 5) is 0. The average Bonchev–Trinajstić information content (AvgIpc) is 2.30. The molecule has 2 nitrogen and oxygen atoms in total. The number of nitrogens with one attached hydrogen (secondary N) is 1. The van der Waals surface area contributed by atoms with Gasteiger partial charge in [0.05, 0.1) is 0 Å². The van der Waals surface area contributed by atoms with Crippen molar-refractivity contribution in [2.24, 2.45) is 5.73 Å². The number of nitrogens with two attached hydrogens (primary N) is 1. The number of piperidine rings is 1. The lowest BCUT2D eigenvalue weighted by Gasteiger charge is -2.23. The van der Waals surface area contributed by atoms with Crippen LogP contribution in [-0.4, -0.2) is 19.1 Å². The summed E-state index contributed by atoms with van der Waals surface area (Å²) in [6, 6.07) is 9.26. The molecular formula is C14H22N2. The van der Waals surface area contributed by atoms with Crippen molar-refractivity contribution in [3.63, 3.8) is 0 Å². The van der Waals surface area contributed by atoms with Crippen molar-refractivity contribution < 1.29 is 0 Å². The van der Waals surface area contributed by atoms with Crippen molar-refractivity contribution in [2.45, 2.75) is 38.1 Å². The molecule has 16 heavy (non-hydrogen) atoms. The van der Waals surface area contributed by atoms with Gasteiger partial charge in [-0.15, -0.1) is 0 Å². The lowest BCUT2D eigenvalue weighted by molar-refractivity contribution is 0.461. The second-order valence-corrected chi connectivity index (χ2v) is 4.97. The normalized spacial score (nSPS) is 23.0. The van der Waals surface area contributed by atoms with Crippen molar-refractivity contribution in [1.82, 2.24) is 5.32 Å². The Bertz CT molecular complexity index is 310. The molecule has 0 saturated carbocycles. The molecule has 1 heterocycles. The van der Waals surface area contributed by atoms with E-state index in [1.54, 1.807) is 0 Å². The zero-order valence-corrected chi connectivity index (χ0v) is 10.1. The van der Waals surface area contributed by atoms with E-state index in [9.17, 15) is 0 Å². The van der Waals surface area contributed by atoms with E-state index in [0.29, 0.717) is 5.92 Å². The van der Waals surface area contributed by atoms with Gasteiger partial charge in [-0.2, -0.15) is 0 Å². The highest BCUT2D eigenvalue weighted by Crippen LogP contribution is 2.23. The first-order valence-corrected chi connectivity index (χ1v) is 6.31. The average molecular weight is 218 g/mol. The lowest BCUT2D eigenvalue weighted by Crippen LogP contribution is -2.28. The highest BCUT2D eigenvalue weighted by Gasteiger charge is 2.14. The summed E-state index contributed by atoms with van der Waals surface area (Å²) < 4.78 is 0. The van der Waals surface area contributed by atoms with E-state index in [4.69, 9.17) is 5.73 Å². The topological polar surface area (TPSA) is 38.0 Å². The molecule has 0 amide bonds. The number of rotatable bonds is 3. The van der Waals surface area contributed by atoms with Gasteiger partial charge in [0.25, 0.3) is 0 Å². The molecule has 0 aromatic heterocycles. The zero-order chi connectivity index (χ0) is 11.4. The van der Waals surface area contributed by atoms with Gasteiger partial charge in [0.2, 0.25) is 0 Å². The molecule has 1 saturated heterocycles. The van der Waals surface area contributed by atoms with Crippen LogP contribution in [0.25, 0.3) is 0 Å². The standard InChI is InChI=1S/C14H22N2/c1-11(15)9-12-4-6-13(7-5-12)14-3-2-8-16-10-14/h4-7,11,14,16H,2-3,8-10,15H2,1H3. The molecule has 1 aromatic rings. The van der Waals surface area contributed by atoms with Gasteiger partial charge in [-0.3, -0.25) is 0 Å². The number of hydrogen-bond donors (Lipinski definition) is 2. The van der Waals surface area contributed by atoms with Gasteiger partial charge in [-0.25, -0.2) is 0 Å². The summed E-state index contributed by atoms with van der Waals surface area (Å²) >= 11 is 0. The van der Waals surface area contributed by atoms with E-state index < -0.39 is 0 Å². The second-order valence-electron chi connectivity index (χ2n) is 4.97. The fourth-order valence-corrected chi connectivity index (χ4v) is 2.43. The first-order chi connectivity index (χ1) is 7.75. The summed E-state index contributed by atoms with van der Waals surface area (Å²) in [5.74, 6) is 0.707. The van der Waals surface area contributed by atoms with Gasteiger partial charge >= 0.3 is 0 Å². The second kappa shape index (κ2) is 5.46. The summed E-state index contributed by atoms with van der Waals surface area (Å²) in [6.07, 6.45) is 3.59. The Morgan fingerprint density at radius 2 is 2.12 bits per heavy atom. The van der Waals surface area contributed by atoms with E-state index in [2.05, 4.69) is 36.5 Å². The Kier molecular flexibility index (Phi) is 3.97. The SMILES string of the molecule is CC(N)Cc1ccc(C2CCCNC2)cc1. The van der Waals surface area contributed by atoms with Crippen LogP contribution in [0.5, 0.6) is 0 Å². The van der Waals surface area contributed by atoms with Crippen LogP contribution in [0, 0.1) is 0 Å². The maximum atomic E-state index is 5.80. The predicted molar refractivity (Wildman–Crippen MR) is 68.6 cm³/mol. The molecule has 88 valence electrons. The summed E-state index contributed by atoms with van der Waals surface area (Å²) in [5, 5.41) is 3.46. The lowest BCUT2D eigenvalue weighted by atomic mass is 9.91. The first kappa shape index (κ1) is 11.6. The third kappa shape index (κ3) is 3.06. The van der Waals surface area contributed by atoms with Crippen molar-refractivity contribution in [3.8, 4) is 0 Å².